The summed E-state index contributed by atoms with van der Waals surface area (Å²) in [7, 11) is 0. The number of aromatic nitrogens is 1. The summed E-state index contributed by atoms with van der Waals surface area (Å²) in [6, 6.07) is 5.84. The lowest BCUT2D eigenvalue weighted by Crippen LogP contribution is -2.21. The first-order chi connectivity index (χ1) is 13.3. The molecule has 3 rings (SSSR count). The highest BCUT2D eigenvalue weighted by Crippen LogP contribution is 2.29. The van der Waals surface area contributed by atoms with Crippen LogP contribution in [0.4, 0.5) is 14.5 Å². The average molecular weight is 388 g/mol. The molecule has 0 saturated heterocycles. The molecular formula is C19H14F2N2O5. The molecular weight excluding hydrogens is 374 g/mol. The molecule has 0 spiro atoms. The number of nitro groups is 1. The van der Waals surface area contributed by atoms with Crippen LogP contribution in [-0.2, 0) is 4.74 Å². The molecule has 0 aliphatic heterocycles. The molecule has 0 fully saturated rings. The molecule has 0 amide bonds. The normalized spacial score (nSPS) is 10.9. The number of benzene rings is 2. The van der Waals surface area contributed by atoms with E-state index in [0.717, 1.165) is 24.4 Å². The first-order valence-corrected chi connectivity index (χ1v) is 8.22. The number of carbonyl (C=O) groups excluding carboxylic acids is 1. The molecule has 0 aliphatic rings. The van der Waals surface area contributed by atoms with Crippen LogP contribution in [0.5, 0.6) is 0 Å². The summed E-state index contributed by atoms with van der Waals surface area (Å²) in [5, 5.41) is 10.9. The number of esters is 1. The molecule has 1 aromatic heterocycles. The predicted molar refractivity (Wildman–Crippen MR) is 96.8 cm³/mol. The van der Waals surface area contributed by atoms with Gasteiger partial charge in [0.1, 0.15) is 11.4 Å². The lowest BCUT2D eigenvalue weighted by atomic mass is 10.0. The van der Waals surface area contributed by atoms with Gasteiger partial charge in [-0.15, -0.1) is 0 Å². The number of halogens is 2. The first kappa shape index (κ1) is 19.2. The Kier molecular flexibility index (Phi) is 4.91. The number of ether oxygens (including phenoxy) is 1. The van der Waals surface area contributed by atoms with Gasteiger partial charge in [-0.05, 0) is 38.1 Å². The second-order valence-electron chi connectivity index (χ2n) is 5.93. The molecule has 2 aromatic carbocycles. The fourth-order valence-corrected chi connectivity index (χ4v) is 2.94. The predicted octanol–water partition coefficient (Wildman–Crippen LogP) is 3.66. The highest BCUT2D eigenvalue weighted by molar-refractivity contribution is 5.96. The molecule has 0 aliphatic carbocycles. The van der Waals surface area contributed by atoms with Crippen molar-refractivity contribution in [3.63, 3.8) is 0 Å². The van der Waals surface area contributed by atoms with Crippen LogP contribution in [0, 0.1) is 28.7 Å². The second kappa shape index (κ2) is 7.18. The van der Waals surface area contributed by atoms with Gasteiger partial charge in [0.05, 0.1) is 22.4 Å². The SMILES string of the molecule is CCOC(=O)c1cn(-c2ccc(F)cc2)c2c(C)c(F)c([N+](=O)[O-])cc2c1=O. The molecule has 0 radical (unpaired) electrons. The third-order valence-electron chi connectivity index (χ3n) is 4.23. The van der Waals surface area contributed by atoms with Crippen LogP contribution in [0.2, 0.25) is 0 Å². The molecule has 144 valence electrons. The van der Waals surface area contributed by atoms with Gasteiger partial charge in [0.2, 0.25) is 11.2 Å². The van der Waals surface area contributed by atoms with Gasteiger partial charge in [0.25, 0.3) is 0 Å². The van der Waals surface area contributed by atoms with Crippen LogP contribution in [0.15, 0.2) is 41.3 Å². The summed E-state index contributed by atoms with van der Waals surface area (Å²) in [6.07, 6.45) is 1.16. The Hall–Kier alpha value is -3.62. The first-order valence-electron chi connectivity index (χ1n) is 8.22. The zero-order valence-electron chi connectivity index (χ0n) is 14.9. The van der Waals surface area contributed by atoms with Gasteiger partial charge in [0.15, 0.2) is 0 Å². The maximum absolute atomic E-state index is 14.5. The van der Waals surface area contributed by atoms with Crippen LogP contribution in [0.3, 0.4) is 0 Å². The molecule has 3 aromatic rings. The number of nitrogens with zero attached hydrogens (tertiary/aromatic N) is 2. The molecule has 0 unspecified atom stereocenters. The Balaban J connectivity index is 2.49. The largest absolute Gasteiger partial charge is 0.462 e. The van der Waals surface area contributed by atoms with Gasteiger partial charge in [-0.2, -0.15) is 4.39 Å². The van der Waals surface area contributed by atoms with Crippen molar-refractivity contribution in [3.05, 3.63) is 79.6 Å². The zero-order chi connectivity index (χ0) is 20.6. The van der Waals surface area contributed by atoms with Crippen LogP contribution in [0.1, 0.15) is 22.8 Å². The Morgan fingerprint density at radius 1 is 1.25 bits per heavy atom. The second-order valence-corrected chi connectivity index (χ2v) is 5.93. The third kappa shape index (κ3) is 3.11. The number of hydrogen-bond donors (Lipinski definition) is 0. The van der Waals surface area contributed by atoms with Gasteiger partial charge in [0, 0.05) is 23.5 Å². The van der Waals surface area contributed by atoms with Crippen molar-refractivity contribution in [1.29, 1.82) is 0 Å². The Bertz CT molecular complexity index is 1170. The van der Waals surface area contributed by atoms with Crippen molar-refractivity contribution in [1.82, 2.24) is 4.57 Å². The van der Waals surface area contributed by atoms with E-state index in [2.05, 4.69) is 0 Å². The number of fused-ring (bicyclic) bond motifs is 1. The monoisotopic (exact) mass is 388 g/mol. The maximum atomic E-state index is 14.5. The third-order valence-corrected chi connectivity index (χ3v) is 4.23. The standard InChI is InChI=1S/C19H14F2N2O5/c1-3-28-19(25)14-9-22(12-6-4-11(20)5-7-12)17-10(2)16(21)15(23(26)27)8-13(17)18(14)24/h4-9H,3H2,1-2H3. The number of aryl methyl sites for hydroxylation is 1. The molecule has 0 atom stereocenters. The quantitative estimate of drug-likeness (QED) is 0.386. The van der Waals surface area contributed by atoms with Crippen molar-refractivity contribution in [2.24, 2.45) is 0 Å². The van der Waals surface area contributed by atoms with Crippen molar-refractivity contribution < 1.29 is 23.2 Å². The number of hydrogen-bond acceptors (Lipinski definition) is 5. The van der Waals surface area contributed by atoms with Gasteiger partial charge in [-0.3, -0.25) is 14.9 Å². The fraction of sp³-hybridized carbons (Fsp3) is 0.158. The van der Waals surface area contributed by atoms with Crippen molar-refractivity contribution in [3.8, 4) is 5.69 Å². The van der Waals surface area contributed by atoms with Gasteiger partial charge < -0.3 is 9.30 Å². The lowest BCUT2D eigenvalue weighted by molar-refractivity contribution is -0.387. The van der Waals surface area contributed by atoms with E-state index in [1.165, 1.54) is 23.6 Å². The summed E-state index contributed by atoms with van der Waals surface area (Å²) in [6.45, 7) is 2.85. The topological polar surface area (TPSA) is 91.4 Å². The van der Waals surface area contributed by atoms with E-state index in [9.17, 15) is 28.5 Å². The smallest absolute Gasteiger partial charge is 0.343 e. The summed E-state index contributed by atoms with van der Waals surface area (Å²) in [5.41, 5.74) is -1.87. The minimum absolute atomic E-state index is 0.00938. The molecule has 0 saturated carbocycles. The van der Waals surface area contributed by atoms with Crippen LogP contribution >= 0.6 is 0 Å². The van der Waals surface area contributed by atoms with E-state index in [1.54, 1.807) is 6.92 Å². The number of rotatable bonds is 4. The summed E-state index contributed by atoms with van der Waals surface area (Å²) in [5.74, 6) is -2.54. The van der Waals surface area contributed by atoms with E-state index < -0.39 is 33.6 Å². The molecule has 1 heterocycles. The summed E-state index contributed by atoms with van der Waals surface area (Å²) < 4.78 is 34.0. The number of carbonyl (C=O) groups is 1. The molecule has 28 heavy (non-hydrogen) atoms. The van der Waals surface area contributed by atoms with Gasteiger partial charge in [-0.1, -0.05) is 0 Å². The van der Waals surface area contributed by atoms with E-state index in [-0.39, 0.29) is 28.6 Å². The van der Waals surface area contributed by atoms with Crippen LogP contribution in [-0.4, -0.2) is 22.1 Å². The van der Waals surface area contributed by atoms with Crippen LogP contribution in [0.25, 0.3) is 16.6 Å². The van der Waals surface area contributed by atoms with Gasteiger partial charge >= 0.3 is 11.7 Å². The molecule has 9 heteroatoms. The molecule has 0 N–H and O–H groups in total. The lowest BCUT2D eigenvalue weighted by Gasteiger charge is -2.15. The number of nitro benzene ring substituents is 1. The average Bonchev–Trinajstić information content (AvgIpc) is 2.65. The van der Waals surface area contributed by atoms with E-state index in [4.69, 9.17) is 4.74 Å². The van der Waals surface area contributed by atoms with Crippen molar-refractivity contribution in [2.45, 2.75) is 13.8 Å². The Morgan fingerprint density at radius 3 is 2.46 bits per heavy atom. The summed E-state index contributed by atoms with van der Waals surface area (Å²) >= 11 is 0. The Labute approximate surface area is 156 Å². The van der Waals surface area contributed by atoms with Crippen molar-refractivity contribution >= 4 is 22.6 Å². The Morgan fingerprint density at radius 2 is 1.89 bits per heavy atom. The van der Waals surface area contributed by atoms with Crippen LogP contribution < -0.4 is 5.43 Å². The fourth-order valence-electron chi connectivity index (χ4n) is 2.94. The minimum atomic E-state index is -1.10. The van der Waals surface area contributed by atoms with Gasteiger partial charge in [-0.25, -0.2) is 9.18 Å². The van der Waals surface area contributed by atoms with E-state index >= 15 is 0 Å². The highest BCUT2D eigenvalue weighted by atomic mass is 19.1. The maximum Gasteiger partial charge on any atom is 0.343 e. The minimum Gasteiger partial charge on any atom is -0.462 e. The highest BCUT2D eigenvalue weighted by Gasteiger charge is 2.25. The van der Waals surface area contributed by atoms with E-state index in [1.807, 2.05) is 0 Å². The molecule has 7 nitrogen and oxygen atoms in total. The summed E-state index contributed by atoms with van der Waals surface area (Å²) in [4.78, 5) is 35.2. The van der Waals surface area contributed by atoms with E-state index in [0.29, 0.717) is 5.69 Å². The number of pyridine rings is 1. The van der Waals surface area contributed by atoms with Crippen molar-refractivity contribution in [2.75, 3.05) is 6.61 Å². The zero-order valence-corrected chi connectivity index (χ0v) is 14.9. The molecule has 0 bridgehead atoms.